The molecule has 2 N–H and O–H groups in total. The molecule has 1 aromatic carbocycles. The molecule has 6 nitrogen and oxygen atoms in total. The molecular formula is C15H18BrNO5. The molecule has 1 amide bonds. The fraction of sp³-hybridized carbons (Fsp3) is 0.333. The maximum absolute atomic E-state index is 11.1. The lowest BCUT2D eigenvalue weighted by atomic mass is 10.1. The number of carboxylic acids is 1. The summed E-state index contributed by atoms with van der Waals surface area (Å²) in [7, 11) is 1.49. The average Bonchev–Trinajstić information content (AvgIpc) is 2.39. The van der Waals surface area contributed by atoms with E-state index in [1.54, 1.807) is 12.1 Å². The maximum atomic E-state index is 11.1. The zero-order valence-electron chi connectivity index (χ0n) is 12.8. The minimum absolute atomic E-state index is 0.0412. The first kappa shape index (κ1) is 18.0. The van der Waals surface area contributed by atoms with Crippen LogP contribution in [0.5, 0.6) is 11.5 Å². The number of ether oxygens (including phenoxy) is 2. The molecule has 120 valence electrons. The van der Waals surface area contributed by atoms with Crippen LogP contribution in [0.3, 0.4) is 0 Å². The molecule has 0 radical (unpaired) electrons. The van der Waals surface area contributed by atoms with Crippen molar-refractivity contribution in [3.63, 3.8) is 0 Å². The number of halogens is 1. The quantitative estimate of drug-likeness (QED) is 0.751. The maximum Gasteiger partial charge on any atom is 0.352 e. The number of benzene rings is 1. The first-order valence-corrected chi connectivity index (χ1v) is 7.30. The van der Waals surface area contributed by atoms with Crippen molar-refractivity contribution in [1.29, 1.82) is 0 Å². The molecule has 0 aliphatic carbocycles. The molecule has 0 aromatic heterocycles. The molecule has 22 heavy (non-hydrogen) atoms. The lowest BCUT2D eigenvalue weighted by Gasteiger charge is -2.16. The van der Waals surface area contributed by atoms with E-state index in [4.69, 9.17) is 14.6 Å². The van der Waals surface area contributed by atoms with E-state index in [1.165, 1.54) is 20.1 Å². The molecule has 0 saturated heterocycles. The summed E-state index contributed by atoms with van der Waals surface area (Å²) in [6, 6.07) is 3.32. The monoisotopic (exact) mass is 371 g/mol. The summed E-state index contributed by atoms with van der Waals surface area (Å²) in [5.74, 6) is -0.694. The van der Waals surface area contributed by atoms with E-state index < -0.39 is 11.9 Å². The molecule has 0 saturated carbocycles. The summed E-state index contributed by atoms with van der Waals surface area (Å²) < 4.78 is 11.6. The Hall–Kier alpha value is -2.02. The molecule has 0 fully saturated rings. The molecule has 0 unspecified atom stereocenters. The van der Waals surface area contributed by atoms with Crippen molar-refractivity contribution >= 4 is 33.9 Å². The molecule has 7 heteroatoms. The highest BCUT2D eigenvalue weighted by molar-refractivity contribution is 9.10. The number of carbonyl (C=O) groups excluding carboxylic acids is 1. The van der Waals surface area contributed by atoms with Crippen molar-refractivity contribution < 1.29 is 24.2 Å². The number of amides is 1. The standard InChI is InChI=1S/C15H18BrNO5/c1-8(2)22-14-11(16)5-10(7-13(14)21-4)6-12(15(19)20)17-9(3)18/h5-8H,1-4H3,(H,17,18)(H,19,20). The van der Waals surface area contributed by atoms with Crippen LogP contribution in [0.15, 0.2) is 22.3 Å². The van der Waals surface area contributed by atoms with Gasteiger partial charge in [0.15, 0.2) is 11.5 Å². The van der Waals surface area contributed by atoms with Gasteiger partial charge in [-0.05, 0) is 53.5 Å². The molecule has 0 spiro atoms. The molecule has 1 rings (SSSR count). The van der Waals surface area contributed by atoms with Gasteiger partial charge >= 0.3 is 5.97 Å². The Morgan fingerprint density at radius 1 is 1.36 bits per heavy atom. The number of methoxy groups -OCH3 is 1. The third-order valence-electron chi connectivity index (χ3n) is 2.46. The average molecular weight is 372 g/mol. The van der Waals surface area contributed by atoms with Crippen molar-refractivity contribution in [3.8, 4) is 11.5 Å². The van der Waals surface area contributed by atoms with Gasteiger partial charge in [-0.3, -0.25) is 4.79 Å². The molecule has 0 aliphatic rings. The van der Waals surface area contributed by atoms with Gasteiger partial charge in [-0.2, -0.15) is 0 Å². The topological polar surface area (TPSA) is 84.9 Å². The number of nitrogens with one attached hydrogen (secondary N) is 1. The second kappa shape index (κ2) is 7.84. The molecule has 0 atom stereocenters. The van der Waals surface area contributed by atoms with Crippen LogP contribution in [0.1, 0.15) is 26.3 Å². The van der Waals surface area contributed by atoms with Gasteiger partial charge in [0.25, 0.3) is 0 Å². The number of carbonyl (C=O) groups is 2. The fourth-order valence-corrected chi connectivity index (χ4v) is 2.23. The first-order chi connectivity index (χ1) is 10.2. The second-order valence-electron chi connectivity index (χ2n) is 4.75. The summed E-state index contributed by atoms with van der Waals surface area (Å²) >= 11 is 3.38. The van der Waals surface area contributed by atoms with E-state index in [1.807, 2.05) is 13.8 Å². The fourth-order valence-electron chi connectivity index (χ4n) is 1.68. The Kier molecular flexibility index (Phi) is 6.42. The Bertz CT molecular complexity index is 610. The van der Waals surface area contributed by atoms with Crippen molar-refractivity contribution in [2.75, 3.05) is 7.11 Å². The number of aliphatic carboxylic acids is 1. The van der Waals surface area contributed by atoms with Crippen LogP contribution < -0.4 is 14.8 Å². The third-order valence-corrected chi connectivity index (χ3v) is 3.05. The van der Waals surface area contributed by atoms with E-state index in [-0.39, 0.29) is 11.8 Å². The van der Waals surface area contributed by atoms with Gasteiger partial charge in [-0.25, -0.2) is 4.79 Å². The van der Waals surface area contributed by atoms with Gasteiger partial charge < -0.3 is 19.9 Å². The number of hydrogen-bond donors (Lipinski definition) is 2. The SMILES string of the molecule is COc1cc(C=C(NC(C)=O)C(=O)O)cc(Br)c1OC(C)C. The van der Waals surface area contributed by atoms with Crippen molar-refractivity contribution in [2.24, 2.45) is 0 Å². The normalized spacial score (nSPS) is 11.3. The predicted octanol–water partition coefficient (Wildman–Crippen LogP) is 2.81. The molecular weight excluding hydrogens is 354 g/mol. The van der Waals surface area contributed by atoms with Gasteiger partial charge in [0, 0.05) is 6.92 Å². The van der Waals surface area contributed by atoms with Crippen LogP contribution in [0.2, 0.25) is 0 Å². The van der Waals surface area contributed by atoms with E-state index in [2.05, 4.69) is 21.2 Å². The van der Waals surface area contributed by atoms with Crippen LogP contribution >= 0.6 is 15.9 Å². The highest BCUT2D eigenvalue weighted by Crippen LogP contribution is 2.37. The van der Waals surface area contributed by atoms with Gasteiger partial charge in [-0.15, -0.1) is 0 Å². The zero-order chi connectivity index (χ0) is 16.9. The lowest BCUT2D eigenvalue weighted by molar-refractivity contribution is -0.134. The third kappa shape index (κ3) is 5.07. The molecule has 1 aromatic rings. The van der Waals surface area contributed by atoms with Crippen molar-refractivity contribution in [2.45, 2.75) is 26.9 Å². The number of hydrogen-bond acceptors (Lipinski definition) is 4. The van der Waals surface area contributed by atoms with Crippen molar-refractivity contribution in [3.05, 3.63) is 27.9 Å². The summed E-state index contributed by atoms with van der Waals surface area (Å²) in [5, 5.41) is 11.4. The summed E-state index contributed by atoms with van der Waals surface area (Å²) in [6.45, 7) is 5.02. The molecule has 0 heterocycles. The lowest BCUT2D eigenvalue weighted by Crippen LogP contribution is -2.24. The van der Waals surface area contributed by atoms with Crippen LogP contribution in [0, 0.1) is 0 Å². The Morgan fingerprint density at radius 2 is 2.00 bits per heavy atom. The van der Waals surface area contributed by atoms with Gasteiger partial charge in [0.05, 0.1) is 17.7 Å². The van der Waals surface area contributed by atoms with Crippen molar-refractivity contribution in [1.82, 2.24) is 5.32 Å². The summed E-state index contributed by atoms with van der Waals surface area (Å²) in [4.78, 5) is 22.2. The summed E-state index contributed by atoms with van der Waals surface area (Å²) in [6.07, 6.45) is 1.30. The highest BCUT2D eigenvalue weighted by atomic mass is 79.9. The minimum Gasteiger partial charge on any atom is -0.493 e. The van der Waals surface area contributed by atoms with Gasteiger partial charge in [-0.1, -0.05) is 0 Å². The van der Waals surface area contributed by atoms with E-state index >= 15 is 0 Å². The van der Waals surface area contributed by atoms with Gasteiger partial charge in [0.2, 0.25) is 5.91 Å². The minimum atomic E-state index is -1.23. The van der Waals surface area contributed by atoms with Crippen LogP contribution in [-0.4, -0.2) is 30.2 Å². The molecule has 0 aliphatic heterocycles. The van der Waals surface area contributed by atoms with Crippen LogP contribution in [0.25, 0.3) is 6.08 Å². The van der Waals surface area contributed by atoms with E-state index in [0.29, 0.717) is 21.5 Å². The van der Waals surface area contributed by atoms with Crippen LogP contribution in [0.4, 0.5) is 0 Å². The predicted molar refractivity (Wildman–Crippen MR) is 85.9 cm³/mol. The first-order valence-electron chi connectivity index (χ1n) is 6.51. The Morgan fingerprint density at radius 3 is 2.45 bits per heavy atom. The van der Waals surface area contributed by atoms with Crippen LogP contribution in [-0.2, 0) is 9.59 Å². The number of rotatable bonds is 6. The second-order valence-corrected chi connectivity index (χ2v) is 5.60. The number of carboxylic acid groups (broad SMARTS) is 1. The van der Waals surface area contributed by atoms with E-state index in [0.717, 1.165) is 0 Å². The zero-order valence-corrected chi connectivity index (χ0v) is 14.4. The summed E-state index contributed by atoms with van der Waals surface area (Å²) in [5.41, 5.74) is 0.324. The Balaban J connectivity index is 3.28. The Labute approximate surface area is 137 Å². The molecule has 0 bridgehead atoms. The highest BCUT2D eigenvalue weighted by Gasteiger charge is 2.14. The smallest absolute Gasteiger partial charge is 0.352 e. The van der Waals surface area contributed by atoms with E-state index in [9.17, 15) is 9.59 Å². The largest absolute Gasteiger partial charge is 0.493 e. The van der Waals surface area contributed by atoms with Gasteiger partial charge in [0.1, 0.15) is 5.70 Å².